The first-order valence-corrected chi connectivity index (χ1v) is 20.2. The molecule has 2 aliphatic carbocycles. The number of hydrogen-bond acceptors (Lipinski definition) is 12. The molecule has 356 valence electrons. The smallest absolute Gasteiger partial charge is 0.387 e. The number of carbonyl (C=O) groups is 2. The van der Waals surface area contributed by atoms with E-state index < -0.39 is 57.3 Å². The Morgan fingerprint density at radius 1 is 0.761 bits per heavy atom. The molecule has 6 rings (SSSR count). The maximum Gasteiger partial charge on any atom is 0.387 e. The number of amides is 1. The predicted octanol–water partition coefficient (Wildman–Crippen LogP) is 10.7. The number of Topliss-reactive ketones (excluding diaryl/α,β-unsaturated/α-hetero) is 1. The minimum atomic E-state index is -3.21. The number of ether oxygens (including phenoxy) is 4. The number of nitro groups is 2. The topological polar surface area (TPSA) is 216 Å². The summed E-state index contributed by atoms with van der Waals surface area (Å²) in [6, 6.07) is 12.9. The summed E-state index contributed by atoms with van der Waals surface area (Å²) in [6.45, 7) is 14.5. The number of alkyl halides is 4. The van der Waals surface area contributed by atoms with Gasteiger partial charge in [-0.2, -0.15) is 22.0 Å². The second kappa shape index (κ2) is 22.0. The fraction of sp³-hybridized carbons (Fsp3) is 0.378. The van der Waals surface area contributed by atoms with E-state index in [0.29, 0.717) is 23.5 Å². The van der Waals surface area contributed by atoms with Crippen molar-refractivity contribution in [3.8, 4) is 23.0 Å². The first kappa shape index (κ1) is 51.9. The van der Waals surface area contributed by atoms with Crippen LogP contribution in [0.2, 0.25) is 0 Å². The molecule has 22 heteroatoms. The molecular weight excluding hydrogens is 894 g/mol. The number of carbonyl (C=O) groups excluding carboxylic acids is 2. The third-order valence-corrected chi connectivity index (χ3v) is 10.2. The van der Waals surface area contributed by atoms with E-state index in [4.69, 9.17) is 28.4 Å². The SMILES string of the molecule is COc1cc(N)cc(OC(F)F)c1C(=O)CC1CC1.[C-]#[N+]C(C)(C)c1ccc(F)c([N+](=O)[O-])c1.[C-]#[N+]C(C)(C)c1ccc(Nc2cc(OC)c(C(=O)NC3CC3)c(OC(F)F)c2)c([N+](=O)[O-])c1. The van der Waals surface area contributed by atoms with Crippen molar-refractivity contribution in [2.45, 2.75) is 90.1 Å². The second-order valence-corrected chi connectivity index (χ2v) is 16.1. The van der Waals surface area contributed by atoms with E-state index in [2.05, 4.69) is 29.8 Å². The van der Waals surface area contributed by atoms with Crippen molar-refractivity contribution in [3.63, 3.8) is 0 Å². The molecule has 67 heavy (non-hydrogen) atoms. The molecule has 0 unspecified atom stereocenters. The Labute approximate surface area is 381 Å². The van der Waals surface area contributed by atoms with Crippen molar-refractivity contribution in [1.29, 1.82) is 0 Å². The number of nitrogens with zero attached hydrogens (tertiary/aromatic N) is 4. The lowest BCUT2D eigenvalue weighted by Crippen LogP contribution is -2.26. The highest BCUT2D eigenvalue weighted by molar-refractivity contribution is 6.02. The Hall–Kier alpha value is -7.75. The number of halogens is 5. The summed E-state index contributed by atoms with van der Waals surface area (Å²) >= 11 is 0. The number of benzene rings is 4. The van der Waals surface area contributed by atoms with Gasteiger partial charge in [-0.1, -0.05) is 0 Å². The molecule has 0 spiro atoms. The van der Waals surface area contributed by atoms with E-state index >= 15 is 0 Å². The Morgan fingerprint density at radius 2 is 1.24 bits per heavy atom. The molecular formula is C45H46F5N7O10. The summed E-state index contributed by atoms with van der Waals surface area (Å²) in [4.78, 5) is 52.3. The summed E-state index contributed by atoms with van der Waals surface area (Å²) in [6.07, 6.45) is 3.90. The average Bonchev–Trinajstić information content (AvgIpc) is 4.21. The van der Waals surface area contributed by atoms with Gasteiger partial charge in [0.05, 0.1) is 24.1 Å². The zero-order valence-corrected chi connectivity index (χ0v) is 37.0. The normalized spacial score (nSPS) is 13.1. The van der Waals surface area contributed by atoms with Crippen molar-refractivity contribution in [1.82, 2.24) is 5.32 Å². The minimum absolute atomic E-state index is 0.0275. The number of methoxy groups -OCH3 is 2. The zero-order chi connectivity index (χ0) is 50.0. The molecule has 0 aliphatic heterocycles. The van der Waals surface area contributed by atoms with Gasteiger partial charge in [-0.15, -0.1) is 0 Å². The molecule has 1 amide bonds. The first-order chi connectivity index (χ1) is 31.4. The predicted molar refractivity (Wildman–Crippen MR) is 235 cm³/mol. The molecule has 0 heterocycles. The van der Waals surface area contributed by atoms with Crippen molar-refractivity contribution in [2.24, 2.45) is 5.92 Å². The fourth-order valence-corrected chi connectivity index (χ4v) is 6.13. The van der Waals surface area contributed by atoms with Gasteiger partial charge in [0, 0.05) is 99.1 Å². The number of ketones is 1. The molecule has 4 aromatic carbocycles. The summed E-state index contributed by atoms with van der Waals surface area (Å²) in [5.74, 6) is -1.94. The third kappa shape index (κ3) is 14.1. The molecule has 2 saturated carbocycles. The van der Waals surface area contributed by atoms with Gasteiger partial charge in [0.2, 0.25) is 5.82 Å². The molecule has 0 radical (unpaired) electrons. The number of nitrogens with two attached hydrogens (primary N) is 1. The largest absolute Gasteiger partial charge is 0.496 e. The van der Waals surface area contributed by atoms with Gasteiger partial charge >= 0.3 is 18.9 Å². The molecule has 0 atom stereocenters. The Balaban J connectivity index is 0.000000243. The Kier molecular flexibility index (Phi) is 17.0. The van der Waals surface area contributed by atoms with Gasteiger partial charge in [0.15, 0.2) is 5.78 Å². The molecule has 17 nitrogen and oxygen atoms in total. The van der Waals surface area contributed by atoms with Crippen LogP contribution in [0.3, 0.4) is 0 Å². The average molecular weight is 940 g/mol. The summed E-state index contributed by atoms with van der Waals surface area (Å²) in [5, 5.41) is 27.6. The van der Waals surface area contributed by atoms with Crippen LogP contribution >= 0.6 is 0 Å². The number of nitrogen functional groups attached to an aromatic ring is 1. The highest BCUT2D eigenvalue weighted by Gasteiger charge is 2.33. The number of nitro benzene ring substituents is 2. The number of nitrogens with one attached hydrogen (secondary N) is 2. The van der Waals surface area contributed by atoms with Crippen LogP contribution in [0.1, 0.15) is 91.6 Å². The van der Waals surface area contributed by atoms with Crippen LogP contribution in [-0.4, -0.2) is 55.0 Å². The Bertz CT molecular complexity index is 2590. The molecule has 4 aromatic rings. The van der Waals surface area contributed by atoms with E-state index in [1.807, 2.05) is 0 Å². The second-order valence-electron chi connectivity index (χ2n) is 16.1. The quantitative estimate of drug-likeness (QED) is 0.0225. The minimum Gasteiger partial charge on any atom is -0.496 e. The van der Waals surface area contributed by atoms with Crippen LogP contribution in [0, 0.1) is 45.1 Å². The van der Waals surface area contributed by atoms with Crippen molar-refractivity contribution in [3.05, 3.63) is 132 Å². The van der Waals surface area contributed by atoms with Crippen LogP contribution < -0.4 is 35.3 Å². The van der Waals surface area contributed by atoms with Crippen LogP contribution in [0.5, 0.6) is 23.0 Å². The summed E-state index contributed by atoms with van der Waals surface area (Å²) < 4.78 is 83.1. The molecule has 0 bridgehead atoms. The maximum absolute atomic E-state index is 13.1. The number of rotatable bonds is 17. The van der Waals surface area contributed by atoms with Crippen molar-refractivity contribution >= 4 is 40.1 Å². The fourth-order valence-electron chi connectivity index (χ4n) is 6.13. The van der Waals surface area contributed by atoms with E-state index in [0.717, 1.165) is 43.9 Å². The third-order valence-electron chi connectivity index (χ3n) is 10.2. The van der Waals surface area contributed by atoms with Gasteiger partial charge in [-0.3, -0.25) is 29.8 Å². The molecule has 2 aliphatic rings. The lowest BCUT2D eigenvalue weighted by molar-refractivity contribution is -0.387. The zero-order valence-electron chi connectivity index (χ0n) is 37.0. The standard InChI is InChI=1S/C22H22F2N4O5.C13H15F2NO3.C10H9FN2O2/c1-22(2,25-3)12-5-8-15(16(9-12)28(30)31)26-14-10-17(32-4)19(18(11-14)33-21(23)24)20(29)27-13-6-7-13;1-18-10-5-8(16)6-11(19-13(14)15)12(10)9(17)4-7-2-3-7;1-10(2,12-3)7-4-5-8(11)9(6-7)13(14)15/h5,8-11,13,21,26H,6-7H2,1-2,4H3,(H,27,29);5-7,13H,2-4,16H2,1H3;4-6H,1-2H3. The van der Waals surface area contributed by atoms with Gasteiger partial charge < -0.3 is 45.0 Å². The molecule has 0 aromatic heterocycles. The van der Waals surface area contributed by atoms with Crippen LogP contribution in [0.4, 0.5) is 50.4 Å². The van der Waals surface area contributed by atoms with Crippen LogP contribution in [-0.2, 0) is 11.1 Å². The summed E-state index contributed by atoms with van der Waals surface area (Å²) in [7, 11) is 2.62. The lowest BCUT2D eigenvalue weighted by atomic mass is 9.94. The molecule has 4 N–H and O–H groups in total. The van der Waals surface area contributed by atoms with E-state index in [1.54, 1.807) is 33.8 Å². The van der Waals surface area contributed by atoms with E-state index in [1.165, 1.54) is 50.6 Å². The Morgan fingerprint density at radius 3 is 1.72 bits per heavy atom. The van der Waals surface area contributed by atoms with E-state index in [9.17, 15) is 51.8 Å². The highest BCUT2D eigenvalue weighted by atomic mass is 19.3. The maximum atomic E-state index is 13.1. The monoisotopic (exact) mass is 939 g/mol. The van der Waals surface area contributed by atoms with Crippen LogP contribution in [0.25, 0.3) is 9.69 Å². The summed E-state index contributed by atoms with van der Waals surface area (Å²) in [5.41, 5.74) is 3.95. The van der Waals surface area contributed by atoms with Gasteiger partial charge in [0.25, 0.3) is 22.7 Å². The van der Waals surface area contributed by atoms with Gasteiger partial charge in [-0.05, 0) is 55.9 Å². The van der Waals surface area contributed by atoms with Crippen LogP contribution in [0.15, 0.2) is 60.7 Å². The highest BCUT2D eigenvalue weighted by Crippen LogP contribution is 2.41. The first-order valence-electron chi connectivity index (χ1n) is 20.2. The van der Waals surface area contributed by atoms with Crippen molar-refractivity contribution in [2.75, 3.05) is 25.3 Å². The van der Waals surface area contributed by atoms with Gasteiger partial charge in [-0.25, -0.2) is 13.1 Å². The van der Waals surface area contributed by atoms with Crippen molar-refractivity contribution < 1.29 is 60.3 Å². The van der Waals surface area contributed by atoms with E-state index in [-0.39, 0.29) is 63.0 Å². The van der Waals surface area contributed by atoms with Gasteiger partial charge in [0.1, 0.15) is 39.8 Å². The molecule has 0 saturated heterocycles. The molecule has 2 fully saturated rings. The number of hydrogen-bond donors (Lipinski definition) is 3. The number of anilines is 3. The lowest BCUT2D eigenvalue weighted by Gasteiger charge is -2.17.